The molecule has 1 saturated heterocycles. The molecule has 1 unspecified atom stereocenters. The second-order valence-corrected chi connectivity index (χ2v) is 4.96. The number of nitrogens with zero attached hydrogens (tertiary/aromatic N) is 1. The van der Waals surface area contributed by atoms with Crippen LogP contribution in [0.2, 0.25) is 5.02 Å². The van der Waals surface area contributed by atoms with Crippen molar-refractivity contribution in [3.05, 3.63) is 28.8 Å². The van der Waals surface area contributed by atoms with Gasteiger partial charge in [-0.3, -0.25) is 0 Å². The monoisotopic (exact) mass is 284 g/mol. The number of hydrogen-bond acceptors (Lipinski definition) is 5. The van der Waals surface area contributed by atoms with E-state index in [1.165, 1.54) is 0 Å². The minimum atomic E-state index is -0.514. The van der Waals surface area contributed by atoms with Crippen molar-refractivity contribution in [1.29, 1.82) is 0 Å². The Hall–Kier alpha value is -1.30. The number of anilines is 1. The molecular weight excluding hydrogens is 268 g/mol. The molecule has 0 aliphatic carbocycles. The summed E-state index contributed by atoms with van der Waals surface area (Å²) in [7, 11) is 2.00. The number of rotatable bonds is 3. The number of nitrogen functional groups attached to an aromatic ring is 1. The Morgan fingerprint density at radius 2 is 2.42 bits per heavy atom. The predicted octanol–water partition coefficient (Wildman–Crippen LogP) is 1.41. The van der Waals surface area contributed by atoms with Gasteiger partial charge < -0.3 is 20.1 Å². The molecular formula is C13H17ClN2O3. The highest BCUT2D eigenvalue weighted by atomic mass is 35.5. The van der Waals surface area contributed by atoms with E-state index in [0.29, 0.717) is 17.3 Å². The summed E-state index contributed by atoms with van der Waals surface area (Å²) in [5, 5.41) is 0.298. The van der Waals surface area contributed by atoms with Crippen molar-refractivity contribution in [3.63, 3.8) is 0 Å². The summed E-state index contributed by atoms with van der Waals surface area (Å²) in [5.74, 6) is -0.514. The van der Waals surface area contributed by atoms with Crippen molar-refractivity contribution in [2.75, 3.05) is 39.1 Å². The summed E-state index contributed by atoms with van der Waals surface area (Å²) in [6, 6.07) is 4.92. The van der Waals surface area contributed by atoms with E-state index in [1.54, 1.807) is 18.2 Å². The van der Waals surface area contributed by atoms with Crippen LogP contribution in [0, 0.1) is 0 Å². The SMILES string of the molecule is CN1CCOC(COC(=O)c2c(N)cccc2Cl)C1. The summed E-state index contributed by atoms with van der Waals surface area (Å²) >= 11 is 5.95. The molecule has 1 fully saturated rings. The first-order valence-electron chi connectivity index (χ1n) is 6.09. The van der Waals surface area contributed by atoms with Gasteiger partial charge in [0.05, 0.1) is 11.6 Å². The van der Waals surface area contributed by atoms with E-state index in [1.807, 2.05) is 7.05 Å². The van der Waals surface area contributed by atoms with Gasteiger partial charge in [0.15, 0.2) is 0 Å². The Bertz CT molecular complexity index is 447. The van der Waals surface area contributed by atoms with Crippen molar-refractivity contribution < 1.29 is 14.3 Å². The fourth-order valence-corrected chi connectivity index (χ4v) is 2.22. The number of esters is 1. The molecule has 0 amide bonds. The highest BCUT2D eigenvalue weighted by Crippen LogP contribution is 2.22. The standard InChI is InChI=1S/C13H17ClN2O3/c1-16-5-6-18-9(7-16)8-19-13(17)12-10(14)3-2-4-11(12)15/h2-4,9H,5-8,15H2,1H3. The highest BCUT2D eigenvalue weighted by molar-refractivity contribution is 6.34. The van der Waals surface area contributed by atoms with E-state index in [4.69, 9.17) is 26.8 Å². The molecule has 0 aromatic heterocycles. The average Bonchev–Trinajstić information content (AvgIpc) is 2.36. The zero-order valence-corrected chi connectivity index (χ0v) is 11.5. The zero-order chi connectivity index (χ0) is 13.8. The van der Waals surface area contributed by atoms with E-state index in [9.17, 15) is 4.79 Å². The molecule has 1 heterocycles. The van der Waals surface area contributed by atoms with Gasteiger partial charge in [0.25, 0.3) is 0 Å². The number of benzene rings is 1. The molecule has 1 aliphatic rings. The van der Waals surface area contributed by atoms with Crippen molar-refractivity contribution in [2.24, 2.45) is 0 Å². The van der Waals surface area contributed by atoms with E-state index < -0.39 is 5.97 Å². The average molecular weight is 285 g/mol. The molecule has 2 rings (SSSR count). The van der Waals surface area contributed by atoms with Gasteiger partial charge in [-0.15, -0.1) is 0 Å². The quantitative estimate of drug-likeness (QED) is 0.672. The van der Waals surface area contributed by atoms with Crippen LogP contribution in [0.15, 0.2) is 18.2 Å². The largest absolute Gasteiger partial charge is 0.459 e. The number of likely N-dealkylation sites (N-methyl/N-ethyl adjacent to an activating group) is 1. The van der Waals surface area contributed by atoms with Crippen LogP contribution in [-0.4, -0.2) is 50.3 Å². The summed E-state index contributed by atoms with van der Waals surface area (Å²) in [6.45, 7) is 2.48. The maximum absolute atomic E-state index is 12.0. The summed E-state index contributed by atoms with van der Waals surface area (Å²) in [4.78, 5) is 14.1. The third kappa shape index (κ3) is 3.59. The first-order valence-corrected chi connectivity index (χ1v) is 6.47. The maximum atomic E-state index is 12.0. The van der Waals surface area contributed by atoms with Crippen LogP contribution in [0.5, 0.6) is 0 Å². The lowest BCUT2D eigenvalue weighted by Gasteiger charge is -2.29. The van der Waals surface area contributed by atoms with Gasteiger partial charge in [0.1, 0.15) is 18.3 Å². The smallest absolute Gasteiger partial charge is 0.341 e. The van der Waals surface area contributed by atoms with Gasteiger partial charge in [0, 0.05) is 18.8 Å². The lowest BCUT2D eigenvalue weighted by atomic mass is 10.2. The van der Waals surface area contributed by atoms with Gasteiger partial charge in [0.2, 0.25) is 0 Å². The number of carbonyl (C=O) groups is 1. The Morgan fingerprint density at radius 3 is 3.11 bits per heavy atom. The molecule has 6 heteroatoms. The number of morpholine rings is 1. The molecule has 19 heavy (non-hydrogen) atoms. The van der Waals surface area contributed by atoms with E-state index >= 15 is 0 Å². The summed E-state index contributed by atoms with van der Waals surface area (Å²) < 4.78 is 10.7. The number of halogens is 1. The molecule has 1 aliphatic heterocycles. The first-order chi connectivity index (χ1) is 9.08. The Balaban J connectivity index is 1.94. The fraction of sp³-hybridized carbons (Fsp3) is 0.462. The maximum Gasteiger partial charge on any atom is 0.341 e. The minimum absolute atomic E-state index is 0.105. The molecule has 0 bridgehead atoms. The van der Waals surface area contributed by atoms with Crippen LogP contribution in [0.1, 0.15) is 10.4 Å². The molecule has 0 radical (unpaired) electrons. The molecule has 5 nitrogen and oxygen atoms in total. The van der Waals surface area contributed by atoms with Crippen LogP contribution in [0.3, 0.4) is 0 Å². The zero-order valence-electron chi connectivity index (χ0n) is 10.8. The topological polar surface area (TPSA) is 64.8 Å². The molecule has 0 saturated carbocycles. The van der Waals surface area contributed by atoms with Crippen LogP contribution in [0.4, 0.5) is 5.69 Å². The van der Waals surface area contributed by atoms with Gasteiger partial charge in [-0.05, 0) is 19.2 Å². The van der Waals surface area contributed by atoms with Gasteiger partial charge >= 0.3 is 5.97 Å². The fourth-order valence-electron chi connectivity index (χ4n) is 1.96. The lowest BCUT2D eigenvalue weighted by molar-refractivity contribution is -0.0528. The van der Waals surface area contributed by atoms with Gasteiger partial charge in [-0.2, -0.15) is 0 Å². The van der Waals surface area contributed by atoms with Gasteiger partial charge in [-0.25, -0.2) is 4.79 Å². The van der Waals surface area contributed by atoms with Crippen molar-refractivity contribution in [3.8, 4) is 0 Å². The van der Waals surface area contributed by atoms with Crippen molar-refractivity contribution in [1.82, 2.24) is 4.90 Å². The summed E-state index contributed by atoms with van der Waals surface area (Å²) in [6.07, 6.45) is -0.105. The number of carbonyl (C=O) groups excluding carboxylic acids is 1. The molecule has 2 N–H and O–H groups in total. The number of hydrogen-bond donors (Lipinski definition) is 1. The number of nitrogens with two attached hydrogens (primary N) is 1. The molecule has 1 aromatic rings. The number of ether oxygens (including phenoxy) is 2. The molecule has 1 atom stereocenters. The van der Waals surface area contributed by atoms with Crippen LogP contribution in [0.25, 0.3) is 0 Å². The second-order valence-electron chi connectivity index (χ2n) is 4.56. The van der Waals surface area contributed by atoms with Gasteiger partial charge in [-0.1, -0.05) is 17.7 Å². The second kappa shape index (κ2) is 6.23. The Labute approximate surface area is 117 Å². The Morgan fingerprint density at radius 1 is 1.63 bits per heavy atom. The normalized spacial score (nSPS) is 20.2. The van der Waals surface area contributed by atoms with Crippen molar-refractivity contribution >= 4 is 23.3 Å². The third-order valence-corrected chi connectivity index (χ3v) is 3.31. The van der Waals surface area contributed by atoms with Crippen LogP contribution >= 0.6 is 11.6 Å². The first kappa shape index (κ1) is 14.1. The molecule has 0 spiro atoms. The highest BCUT2D eigenvalue weighted by Gasteiger charge is 2.21. The lowest BCUT2D eigenvalue weighted by Crippen LogP contribution is -2.42. The van der Waals surface area contributed by atoms with Crippen LogP contribution in [-0.2, 0) is 9.47 Å². The minimum Gasteiger partial charge on any atom is -0.459 e. The molecule has 104 valence electrons. The third-order valence-electron chi connectivity index (χ3n) is 2.99. The molecule has 1 aromatic carbocycles. The van der Waals surface area contributed by atoms with Crippen molar-refractivity contribution in [2.45, 2.75) is 6.10 Å². The van der Waals surface area contributed by atoms with Crippen LogP contribution < -0.4 is 5.73 Å². The predicted molar refractivity (Wildman–Crippen MR) is 73.4 cm³/mol. The summed E-state index contributed by atoms with van der Waals surface area (Å²) in [5.41, 5.74) is 6.26. The van der Waals surface area contributed by atoms with E-state index in [2.05, 4.69) is 4.90 Å². The Kier molecular flexibility index (Phi) is 4.63. The van der Waals surface area contributed by atoms with E-state index in [0.717, 1.165) is 13.1 Å². The van der Waals surface area contributed by atoms with E-state index in [-0.39, 0.29) is 18.3 Å².